The number of nitrogens with zero attached hydrogens (tertiary/aromatic N) is 2. The lowest BCUT2D eigenvalue weighted by molar-refractivity contribution is 0.257. The lowest BCUT2D eigenvalue weighted by Gasteiger charge is -2.25. The fraction of sp³-hybridized carbons (Fsp3) is 0.333. The van der Waals surface area contributed by atoms with Crippen molar-refractivity contribution >= 4 is 28.2 Å². The molecule has 3 aromatic rings. The highest BCUT2D eigenvalue weighted by Crippen LogP contribution is 2.24. The maximum atomic E-state index is 13.2. The summed E-state index contributed by atoms with van der Waals surface area (Å²) in [6.45, 7) is 9.41. The summed E-state index contributed by atoms with van der Waals surface area (Å²) in [5.74, 6) is 0.320. The summed E-state index contributed by atoms with van der Waals surface area (Å²) < 4.78 is 1.69. The van der Waals surface area contributed by atoms with Crippen LogP contribution in [0.25, 0.3) is 10.8 Å². The SMILES string of the molecule is CCCN(C(=O)Nc1cn(CC(C)C)c(=O)c2ccccc12)c1ccccc1C. The predicted molar refractivity (Wildman–Crippen MR) is 121 cm³/mol. The summed E-state index contributed by atoms with van der Waals surface area (Å²) >= 11 is 0. The number of aromatic nitrogens is 1. The van der Waals surface area contributed by atoms with Crippen molar-refractivity contribution in [2.45, 2.75) is 40.7 Å². The number of aryl methyl sites for hydroxylation is 1. The maximum Gasteiger partial charge on any atom is 0.326 e. The molecule has 0 saturated carbocycles. The number of hydrogen-bond donors (Lipinski definition) is 1. The van der Waals surface area contributed by atoms with E-state index in [9.17, 15) is 9.59 Å². The zero-order valence-electron chi connectivity index (χ0n) is 17.6. The number of nitrogens with one attached hydrogen (secondary N) is 1. The Balaban J connectivity index is 2.03. The molecule has 1 heterocycles. The zero-order valence-corrected chi connectivity index (χ0v) is 17.6. The third kappa shape index (κ3) is 4.50. The van der Waals surface area contributed by atoms with E-state index < -0.39 is 0 Å². The number of carbonyl (C=O) groups is 1. The minimum atomic E-state index is -0.193. The first kappa shape index (κ1) is 20.6. The van der Waals surface area contributed by atoms with E-state index in [0.29, 0.717) is 30.1 Å². The van der Waals surface area contributed by atoms with Crippen molar-refractivity contribution in [1.82, 2.24) is 4.57 Å². The number of hydrogen-bond acceptors (Lipinski definition) is 2. The maximum absolute atomic E-state index is 13.2. The van der Waals surface area contributed by atoms with Gasteiger partial charge in [-0.25, -0.2) is 4.79 Å². The molecule has 0 bridgehead atoms. The van der Waals surface area contributed by atoms with Crippen molar-refractivity contribution in [3.8, 4) is 0 Å². The summed E-state index contributed by atoms with van der Waals surface area (Å²) in [4.78, 5) is 27.9. The van der Waals surface area contributed by atoms with Gasteiger partial charge in [-0.05, 0) is 37.0 Å². The summed E-state index contributed by atoms with van der Waals surface area (Å²) in [6.07, 6.45) is 2.61. The molecule has 0 atom stereocenters. The zero-order chi connectivity index (χ0) is 21.0. The molecule has 0 aliphatic heterocycles. The summed E-state index contributed by atoms with van der Waals surface area (Å²) in [7, 11) is 0. The number of fused-ring (bicyclic) bond motifs is 1. The normalized spacial score (nSPS) is 11.1. The molecule has 1 aromatic heterocycles. The number of benzene rings is 2. The van der Waals surface area contributed by atoms with Gasteiger partial charge < -0.3 is 9.88 Å². The minimum absolute atomic E-state index is 0.0309. The topological polar surface area (TPSA) is 54.3 Å². The molecule has 0 saturated heterocycles. The molecular formula is C24H29N3O2. The van der Waals surface area contributed by atoms with E-state index in [1.54, 1.807) is 15.7 Å². The largest absolute Gasteiger partial charge is 0.326 e. The van der Waals surface area contributed by atoms with Gasteiger partial charge in [-0.1, -0.05) is 57.2 Å². The molecular weight excluding hydrogens is 362 g/mol. The van der Waals surface area contributed by atoms with E-state index in [1.807, 2.05) is 55.5 Å². The molecule has 0 spiro atoms. The molecule has 0 aliphatic rings. The summed E-state index contributed by atoms with van der Waals surface area (Å²) in [6, 6.07) is 15.1. The van der Waals surface area contributed by atoms with E-state index in [2.05, 4.69) is 26.1 Å². The van der Waals surface area contributed by atoms with Crippen molar-refractivity contribution in [3.63, 3.8) is 0 Å². The third-order valence-corrected chi connectivity index (χ3v) is 4.90. The van der Waals surface area contributed by atoms with Gasteiger partial charge in [0.2, 0.25) is 0 Å². The number of para-hydroxylation sites is 1. The molecule has 0 radical (unpaired) electrons. The first-order valence-electron chi connectivity index (χ1n) is 10.2. The highest BCUT2D eigenvalue weighted by molar-refractivity contribution is 6.07. The highest BCUT2D eigenvalue weighted by atomic mass is 16.2. The van der Waals surface area contributed by atoms with E-state index in [-0.39, 0.29) is 11.6 Å². The molecule has 5 heteroatoms. The lowest BCUT2D eigenvalue weighted by atomic mass is 10.1. The van der Waals surface area contributed by atoms with Crippen LogP contribution in [0.5, 0.6) is 0 Å². The van der Waals surface area contributed by atoms with Crippen LogP contribution in [0.4, 0.5) is 16.2 Å². The molecule has 152 valence electrons. The van der Waals surface area contributed by atoms with Gasteiger partial charge in [0, 0.05) is 35.7 Å². The number of amides is 2. The molecule has 1 N–H and O–H groups in total. The average molecular weight is 392 g/mol. The van der Waals surface area contributed by atoms with E-state index in [4.69, 9.17) is 0 Å². The van der Waals surface area contributed by atoms with Gasteiger partial charge in [-0.3, -0.25) is 9.69 Å². The highest BCUT2D eigenvalue weighted by Gasteiger charge is 2.19. The molecule has 5 nitrogen and oxygen atoms in total. The Morgan fingerprint density at radius 1 is 1.07 bits per heavy atom. The van der Waals surface area contributed by atoms with Crippen molar-refractivity contribution < 1.29 is 4.79 Å². The van der Waals surface area contributed by atoms with Crippen LogP contribution < -0.4 is 15.8 Å². The smallest absolute Gasteiger partial charge is 0.313 e. The number of pyridine rings is 1. The van der Waals surface area contributed by atoms with Crippen LogP contribution in [-0.4, -0.2) is 17.1 Å². The van der Waals surface area contributed by atoms with Gasteiger partial charge in [-0.15, -0.1) is 0 Å². The van der Waals surface area contributed by atoms with Crippen molar-refractivity contribution in [2.24, 2.45) is 5.92 Å². The van der Waals surface area contributed by atoms with Crippen LogP contribution in [0.15, 0.2) is 59.5 Å². The van der Waals surface area contributed by atoms with Crippen LogP contribution in [0.3, 0.4) is 0 Å². The average Bonchev–Trinajstić information content (AvgIpc) is 2.70. The Kier molecular flexibility index (Phi) is 6.37. The van der Waals surface area contributed by atoms with Gasteiger partial charge in [0.1, 0.15) is 0 Å². The van der Waals surface area contributed by atoms with Crippen LogP contribution in [0.1, 0.15) is 32.8 Å². The molecule has 2 aromatic carbocycles. The van der Waals surface area contributed by atoms with Gasteiger partial charge in [0.15, 0.2) is 0 Å². The van der Waals surface area contributed by atoms with Gasteiger partial charge in [0.05, 0.1) is 5.69 Å². The number of rotatable bonds is 6. The Bertz CT molecular complexity index is 1070. The molecule has 0 unspecified atom stereocenters. The molecule has 0 fully saturated rings. The standard InChI is InChI=1S/C24H29N3O2/c1-5-14-27(22-13-9-6-10-18(22)4)24(29)25-21-16-26(15-17(2)3)23(28)20-12-8-7-11-19(20)21/h6-13,16-17H,5,14-15H2,1-4H3,(H,25,29). The van der Waals surface area contributed by atoms with E-state index in [0.717, 1.165) is 23.1 Å². The monoisotopic (exact) mass is 391 g/mol. The molecule has 2 amide bonds. The first-order chi connectivity index (χ1) is 13.9. The third-order valence-electron chi connectivity index (χ3n) is 4.90. The lowest BCUT2D eigenvalue weighted by Crippen LogP contribution is -2.36. The van der Waals surface area contributed by atoms with Crippen LogP contribution in [-0.2, 0) is 6.54 Å². The Labute approximate surface area is 172 Å². The van der Waals surface area contributed by atoms with E-state index >= 15 is 0 Å². The molecule has 3 rings (SSSR count). The second-order valence-corrected chi connectivity index (χ2v) is 7.81. The number of carbonyl (C=O) groups excluding carboxylic acids is 1. The fourth-order valence-corrected chi connectivity index (χ4v) is 3.58. The minimum Gasteiger partial charge on any atom is -0.313 e. The van der Waals surface area contributed by atoms with Crippen LogP contribution in [0.2, 0.25) is 0 Å². The van der Waals surface area contributed by atoms with Crippen LogP contribution >= 0.6 is 0 Å². The van der Waals surface area contributed by atoms with E-state index in [1.165, 1.54) is 0 Å². The Morgan fingerprint density at radius 3 is 2.38 bits per heavy atom. The number of anilines is 2. The fourth-order valence-electron chi connectivity index (χ4n) is 3.58. The molecule has 0 aliphatic carbocycles. The predicted octanol–water partition coefficient (Wildman–Crippen LogP) is 5.41. The number of urea groups is 1. The van der Waals surface area contributed by atoms with Crippen molar-refractivity contribution in [1.29, 1.82) is 0 Å². The van der Waals surface area contributed by atoms with Crippen LogP contribution in [0, 0.1) is 12.8 Å². The van der Waals surface area contributed by atoms with Gasteiger partial charge in [-0.2, -0.15) is 0 Å². The van der Waals surface area contributed by atoms with Crippen molar-refractivity contribution in [2.75, 3.05) is 16.8 Å². The molecule has 29 heavy (non-hydrogen) atoms. The van der Waals surface area contributed by atoms with Gasteiger partial charge in [0.25, 0.3) is 5.56 Å². The summed E-state index contributed by atoms with van der Waals surface area (Å²) in [5.41, 5.74) is 2.56. The van der Waals surface area contributed by atoms with Crippen molar-refractivity contribution in [3.05, 3.63) is 70.6 Å². The quantitative estimate of drug-likeness (QED) is 0.610. The Morgan fingerprint density at radius 2 is 1.72 bits per heavy atom. The summed E-state index contributed by atoms with van der Waals surface area (Å²) in [5, 5.41) is 4.43. The second-order valence-electron chi connectivity index (χ2n) is 7.81. The second kappa shape index (κ2) is 8.95. The Hall–Kier alpha value is -3.08. The first-order valence-corrected chi connectivity index (χ1v) is 10.2. The van der Waals surface area contributed by atoms with Gasteiger partial charge >= 0.3 is 6.03 Å².